The first-order valence-corrected chi connectivity index (χ1v) is 12.3. The van der Waals surface area contributed by atoms with Gasteiger partial charge in [-0.15, -0.1) is 0 Å². The predicted octanol–water partition coefficient (Wildman–Crippen LogP) is 4.71. The zero-order valence-electron chi connectivity index (χ0n) is 19.8. The number of rotatable bonds is 11. The van der Waals surface area contributed by atoms with Gasteiger partial charge >= 0.3 is 0 Å². The summed E-state index contributed by atoms with van der Waals surface area (Å²) in [5.41, 5.74) is 3.02. The van der Waals surface area contributed by atoms with Crippen molar-refractivity contribution in [3.05, 3.63) is 83.9 Å². The second kappa shape index (κ2) is 12.1. The molecule has 3 aromatic carbocycles. The lowest BCUT2D eigenvalue weighted by Gasteiger charge is -2.12. The number of carbonyl (C=O) groups excluding carboxylic acids is 1. The lowest BCUT2D eigenvalue weighted by molar-refractivity contribution is -0.118. The van der Waals surface area contributed by atoms with Crippen LogP contribution in [0.25, 0.3) is 10.9 Å². The quantitative estimate of drug-likeness (QED) is 0.234. The van der Waals surface area contributed by atoms with Gasteiger partial charge in [0.25, 0.3) is 0 Å². The molecule has 0 aliphatic rings. The highest BCUT2D eigenvalue weighted by atomic mass is 32.2. The number of anilines is 1. The van der Waals surface area contributed by atoms with E-state index < -0.39 is 0 Å². The van der Waals surface area contributed by atoms with Crippen molar-refractivity contribution in [1.29, 1.82) is 0 Å². The number of carbonyl (C=O) groups is 1. The van der Waals surface area contributed by atoms with E-state index in [4.69, 9.17) is 14.5 Å². The van der Waals surface area contributed by atoms with Crippen LogP contribution in [0, 0.1) is 0 Å². The summed E-state index contributed by atoms with van der Waals surface area (Å²) in [5.74, 6) is 2.36. The monoisotopic (exact) mass is 488 g/mol. The van der Waals surface area contributed by atoms with Crippen molar-refractivity contribution in [3.8, 4) is 11.5 Å². The third kappa shape index (κ3) is 6.64. The van der Waals surface area contributed by atoms with Crippen LogP contribution in [0.1, 0.15) is 11.1 Å². The fraction of sp³-hybridized carbons (Fsp3) is 0.222. The Balaban J connectivity index is 1.39. The third-order valence-corrected chi connectivity index (χ3v) is 6.25. The van der Waals surface area contributed by atoms with E-state index in [-0.39, 0.29) is 11.7 Å². The van der Waals surface area contributed by atoms with Gasteiger partial charge in [-0.25, -0.2) is 9.97 Å². The van der Waals surface area contributed by atoms with Gasteiger partial charge in [-0.05, 0) is 41.8 Å². The third-order valence-electron chi connectivity index (χ3n) is 5.40. The molecular weight excluding hydrogens is 460 g/mol. The first kappa shape index (κ1) is 24.3. The molecule has 0 aliphatic heterocycles. The van der Waals surface area contributed by atoms with Gasteiger partial charge in [0.05, 0.1) is 25.5 Å². The fourth-order valence-electron chi connectivity index (χ4n) is 3.59. The minimum absolute atomic E-state index is 0.0569. The maximum atomic E-state index is 12.3. The van der Waals surface area contributed by atoms with Crippen LogP contribution in [-0.2, 0) is 17.8 Å². The van der Waals surface area contributed by atoms with Crippen LogP contribution < -0.4 is 20.1 Å². The molecule has 0 spiro atoms. The van der Waals surface area contributed by atoms with Crippen molar-refractivity contribution in [2.45, 2.75) is 18.1 Å². The number of nitrogens with one attached hydrogen (secondary N) is 2. The number of nitrogens with zero attached hydrogens (tertiary/aromatic N) is 2. The van der Waals surface area contributed by atoms with Crippen molar-refractivity contribution in [2.75, 3.05) is 31.8 Å². The van der Waals surface area contributed by atoms with E-state index in [1.807, 2.05) is 72.8 Å². The SMILES string of the molecule is COc1ccc(CCNc2nc(SCC(=O)NCc3ccccc3)nc3ccccc23)cc1OC. The smallest absolute Gasteiger partial charge is 0.230 e. The van der Waals surface area contributed by atoms with Gasteiger partial charge in [0.1, 0.15) is 5.82 Å². The lowest BCUT2D eigenvalue weighted by Crippen LogP contribution is -2.24. The summed E-state index contributed by atoms with van der Waals surface area (Å²) in [6.45, 7) is 1.18. The summed E-state index contributed by atoms with van der Waals surface area (Å²) in [5, 5.41) is 7.89. The minimum atomic E-state index is -0.0569. The van der Waals surface area contributed by atoms with Crippen LogP contribution in [0.2, 0.25) is 0 Å². The zero-order chi connectivity index (χ0) is 24.5. The maximum absolute atomic E-state index is 12.3. The minimum Gasteiger partial charge on any atom is -0.493 e. The maximum Gasteiger partial charge on any atom is 0.230 e. The molecule has 180 valence electrons. The van der Waals surface area contributed by atoms with Gasteiger partial charge in [-0.3, -0.25) is 4.79 Å². The second-order valence-corrected chi connectivity index (χ2v) is 8.73. The van der Waals surface area contributed by atoms with E-state index in [1.54, 1.807) is 14.2 Å². The van der Waals surface area contributed by atoms with Crippen LogP contribution in [-0.4, -0.2) is 42.4 Å². The van der Waals surface area contributed by atoms with Crippen molar-refractivity contribution >= 4 is 34.4 Å². The second-order valence-electron chi connectivity index (χ2n) is 7.79. The number of hydrogen-bond acceptors (Lipinski definition) is 7. The highest BCUT2D eigenvalue weighted by Gasteiger charge is 2.11. The Hall–Kier alpha value is -3.78. The largest absolute Gasteiger partial charge is 0.493 e. The molecule has 8 heteroatoms. The van der Waals surface area contributed by atoms with E-state index in [2.05, 4.69) is 15.6 Å². The molecule has 0 bridgehead atoms. The van der Waals surface area contributed by atoms with E-state index in [0.29, 0.717) is 29.7 Å². The van der Waals surface area contributed by atoms with Crippen LogP contribution in [0.3, 0.4) is 0 Å². The average molecular weight is 489 g/mol. The molecule has 0 saturated heterocycles. The first-order valence-electron chi connectivity index (χ1n) is 11.3. The number of para-hydroxylation sites is 1. The highest BCUT2D eigenvalue weighted by Crippen LogP contribution is 2.28. The standard InChI is InChI=1S/C27H28N4O3S/c1-33-23-13-12-19(16-24(23)34-2)14-15-28-26-21-10-6-7-11-22(21)30-27(31-26)35-18-25(32)29-17-20-8-4-3-5-9-20/h3-13,16H,14-15,17-18H2,1-2H3,(H,29,32)(H,28,30,31). The molecule has 4 rings (SSSR count). The topological polar surface area (TPSA) is 85.4 Å². The molecule has 1 amide bonds. The molecule has 2 N–H and O–H groups in total. The van der Waals surface area contributed by atoms with Gasteiger partial charge < -0.3 is 20.1 Å². The summed E-state index contributed by atoms with van der Waals surface area (Å²) >= 11 is 1.33. The zero-order valence-corrected chi connectivity index (χ0v) is 20.6. The molecule has 4 aromatic rings. The first-order chi connectivity index (χ1) is 17.2. The lowest BCUT2D eigenvalue weighted by atomic mass is 10.1. The number of methoxy groups -OCH3 is 2. The van der Waals surface area contributed by atoms with E-state index in [9.17, 15) is 4.79 Å². The molecule has 0 unspecified atom stereocenters. The summed E-state index contributed by atoms with van der Waals surface area (Å²) in [6, 6.07) is 23.6. The molecule has 35 heavy (non-hydrogen) atoms. The highest BCUT2D eigenvalue weighted by molar-refractivity contribution is 7.99. The van der Waals surface area contributed by atoms with Crippen LogP contribution in [0.4, 0.5) is 5.82 Å². The summed E-state index contributed by atoms with van der Waals surface area (Å²) in [6.07, 6.45) is 0.781. The normalized spacial score (nSPS) is 10.7. The van der Waals surface area contributed by atoms with Gasteiger partial charge in [0, 0.05) is 18.5 Å². The van der Waals surface area contributed by atoms with Crippen molar-refractivity contribution in [1.82, 2.24) is 15.3 Å². The van der Waals surface area contributed by atoms with Gasteiger partial charge in [0.2, 0.25) is 5.91 Å². The number of fused-ring (bicyclic) bond motifs is 1. The Morgan fingerprint density at radius 1 is 0.886 bits per heavy atom. The molecular formula is C27H28N4O3S. The molecule has 0 fully saturated rings. The van der Waals surface area contributed by atoms with Crippen molar-refractivity contribution in [2.24, 2.45) is 0 Å². The Kier molecular flexibility index (Phi) is 8.40. The van der Waals surface area contributed by atoms with E-state index in [1.165, 1.54) is 11.8 Å². The Bertz CT molecular complexity index is 1280. The number of benzene rings is 3. The molecule has 0 aliphatic carbocycles. The van der Waals surface area contributed by atoms with Gasteiger partial charge in [-0.1, -0.05) is 60.3 Å². The number of ether oxygens (including phenoxy) is 2. The molecule has 0 radical (unpaired) electrons. The van der Waals surface area contributed by atoms with Crippen LogP contribution in [0.5, 0.6) is 11.5 Å². The summed E-state index contributed by atoms with van der Waals surface area (Å²) < 4.78 is 10.7. The van der Waals surface area contributed by atoms with Crippen LogP contribution >= 0.6 is 11.8 Å². The molecule has 1 aromatic heterocycles. The van der Waals surface area contributed by atoms with Crippen LogP contribution in [0.15, 0.2) is 78.0 Å². The van der Waals surface area contributed by atoms with Gasteiger partial charge in [-0.2, -0.15) is 0 Å². The number of aromatic nitrogens is 2. The Morgan fingerprint density at radius 3 is 2.46 bits per heavy atom. The average Bonchev–Trinajstić information content (AvgIpc) is 2.91. The van der Waals surface area contributed by atoms with Crippen molar-refractivity contribution < 1.29 is 14.3 Å². The van der Waals surface area contributed by atoms with E-state index in [0.717, 1.165) is 34.3 Å². The molecule has 1 heterocycles. The Morgan fingerprint density at radius 2 is 1.66 bits per heavy atom. The fourth-order valence-corrected chi connectivity index (χ4v) is 4.27. The predicted molar refractivity (Wildman–Crippen MR) is 140 cm³/mol. The molecule has 7 nitrogen and oxygen atoms in total. The number of thioether (sulfide) groups is 1. The van der Waals surface area contributed by atoms with Crippen molar-refractivity contribution in [3.63, 3.8) is 0 Å². The summed E-state index contributed by atoms with van der Waals surface area (Å²) in [4.78, 5) is 21.7. The molecule has 0 atom stereocenters. The van der Waals surface area contributed by atoms with E-state index >= 15 is 0 Å². The number of hydrogen-bond donors (Lipinski definition) is 2. The van der Waals surface area contributed by atoms with Gasteiger partial charge in [0.15, 0.2) is 16.7 Å². The number of amides is 1. The summed E-state index contributed by atoms with van der Waals surface area (Å²) in [7, 11) is 3.26. The Labute approximate surface area is 209 Å². The molecule has 0 saturated carbocycles.